The summed E-state index contributed by atoms with van der Waals surface area (Å²) in [7, 11) is 0. The van der Waals surface area contributed by atoms with Gasteiger partial charge in [0.1, 0.15) is 6.61 Å². The summed E-state index contributed by atoms with van der Waals surface area (Å²) >= 11 is 0. The van der Waals surface area contributed by atoms with Crippen molar-refractivity contribution in [1.82, 2.24) is 0 Å². The Hall–Kier alpha value is -0.570. The second-order valence-electron chi connectivity index (χ2n) is 5.43. The highest BCUT2D eigenvalue weighted by Crippen LogP contribution is 2.40. The highest BCUT2D eigenvalue weighted by atomic mass is 16.5. The quantitative estimate of drug-likeness (QED) is 0.782. The Kier molecular flexibility index (Phi) is 4.14. The topological polar surface area (TPSA) is 46.5 Å². The largest absolute Gasteiger partial charge is 0.480 e. The lowest BCUT2D eigenvalue weighted by molar-refractivity contribution is -0.145. The zero-order valence-electron chi connectivity index (χ0n) is 9.95. The molecule has 3 nitrogen and oxygen atoms in total. The molecule has 15 heavy (non-hydrogen) atoms. The number of ether oxygens (including phenoxy) is 1. The van der Waals surface area contributed by atoms with Gasteiger partial charge in [-0.3, -0.25) is 0 Å². The molecule has 0 heterocycles. The van der Waals surface area contributed by atoms with Gasteiger partial charge in [-0.25, -0.2) is 4.79 Å². The van der Waals surface area contributed by atoms with Gasteiger partial charge < -0.3 is 9.84 Å². The van der Waals surface area contributed by atoms with E-state index in [9.17, 15) is 4.79 Å². The molecule has 0 bridgehead atoms. The van der Waals surface area contributed by atoms with E-state index in [4.69, 9.17) is 9.84 Å². The lowest BCUT2D eigenvalue weighted by atomic mass is 9.71. The number of carboxylic acids is 1. The summed E-state index contributed by atoms with van der Waals surface area (Å²) in [6, 6.07) is 0. The molecule has 0 aromatic heterocycles. The van der Waals surface area contributed by atoms with E-state index in [-0.39, 0.29) is 12.7 Å². The van der Waals surface area contributed by atoms with Crippen LogP contribution in [0.25, 0.3) is 0 Å². The molecule has 0 aromatic carbocycles. The Morgan fingerprint density at radius 1 is 1.60 bits per heavy atom. The maximum absolute atomic E-state index is 10.4. The van der Waals surface area contributed by atoms with Crippen LogP contribution in [0.3, 0.4) is 0 Å². The van der Waals surface area contributed by atoms with Gasteiger partial charge in [0.15, 0.2) is 0 Å². The molecular weight excluding hydrogens is 192 g/mol. The summed E-state index contributed by atoms with van der Waals surface area (Å²) in [5, 5.41) is 8.54. The predicted molar refractivity (Wildman–Crippen MR) is 58.8 cm³/mol. The molecule has 1 saturated carbocycles. The summed E-state index contributed by atoms with van der Waals surface area (Å²) in [4.78, 5) is 10.4. The molecule has 88 valence electrons. The molecule has 1 N–H and O–H groups in total. The van der Waals surface area contributed by atoms with E-state index in [2.05, 4.69) is 13.8 Å². The summed E-state index contributed by atoms with van der Waals surface area (Å²) in [6.07, 6.45) is 4.90. The third-order valence-electron chi connectivity index (χ3n) is 3.38. The van der Waals surface area contributed by atoms with Crippen molar-refractivity contribution in [1.29, 1.82) is 0 Å². The SMILES string of the molecule is CC(OCC(=O)O)C1CCCC(C)(C)C1. The van der Waals surface area contributed by atoms with Crippen molar-refractivity contribution < 1.29 is 14.6 Å². The summed E-state index contributed by atoms with van der Waals surface area (Å²) in [6.45, 7) is 6.39. The fraction of sp³-hybridized carbons (Fsp3) is 0.917. The third-order valence-corrected chi connectivity index (χ3v) is 3.38. The van der Waals surface area contributed by atoms with Crippen LogP contribution in [0.2, 0.25) is 0 Å². The van der Waals surface area contributed by atoms with Crippen LogP contribution in [-0.2, 0) is 9.53 Å². The molecule has 0 spiro atoms. The number of hydrogen-bond donors (Lipinski definition) is 1. The first-order valence-electron chi connectivity index (χ1n) is 5.74. The molecule has 0 aliphatic heterocycles. The molecule has 1 rings (SSSR count). The Labute approximate surface area is 91.8 Å². The van der Waals surface area contributed by atoms with Crippen molar-refractivity contribution in [3.8, 4) is 0 Å². The Bertz CT molecular complexity index is 223. The predicted octanol–water partition coefficient (Wildman–Crippen LogP) is 2.69. The van der Waals surface area contributed by atoms with Gasteiger partial charge in [0.25, 0.3) is 0 Å². The maximum atomic E-state index is 10.4. The van der Waals surface area contributed by atoms with E-state index in [1.165, 1.54) is 19.3 Å². The van der Waals surface area contributed by atoms with E-state index in [1.807, 2.05) is 6.92 Å². The molecule has 0 radical (unpaired) electrons. The van der Waals surface area contributed by atoms with Crippen molar-refractivity contribution in [2.24, 2.45) is 11.3 Å². The summed E-state index contributed by atoms with van der Waals surface area (Å²) < 4.78 is 5.34. The van der Waals surface area contributed by atoms with Crippen LogP contribution in [0, 0.1) is 11.3 Å². The molecule has 2 atom stereocenters. The zero-order chi connectivity index (χ0) is 11.5. The van der Waals surface area contributed by atoms with Gasteiger partial charge in [-0.05, 0) is 37.5 Å². The van der Waals surface area contributed by atoms with Gasteiger partial charge in [0.05, 0.1) is 6.10 Å². The van der Waals surface area contributed by atoms with Crippen molar-refractivity contribution >= 4 is 5.97 Å². The first-order chi connectivity index (χ1) is 6.91. The molecule has 3 heteroatoms. The van der Waals surface area contributed by atoms with E-state index >= 15 is 0 Å². The van der Waals surface area contributed by atoms with Crippen molar-refractivity contribution in [3.05, 3.63) is 0 Å². The van der Waals surface area contributed by atoms with Crippen LogP contribution in [0.4, 0.5) is 0 Å². The standard InChI is InChI=1S/C12H22O3/c1-9(15-8-11(13)14)10-5-4-6-12(2,3)7-10/h9-10H,4-8H2,1-3H3,(H,13,14). The first-order valence-corrected chi connectivity index (χ1v) is 5.74. The number of hydrogen-bond acceptors (Lipinski definition) is 2. The Balaban J connectivity index is 2.38. The van der Waals surface area contributed by atoms with Gasteiger partial charge in [0.2, 0.25) is 0 Å². The highest BCUT2D eigenvalue weighted by Gasteiger charge is 2.31. The molecule has 0 aromatic rings. The summed E-state index contributed by atoms with van der Waals surface area (Å²) in [5.74, 6) is -0.356. The van der Waals surface area contributed by atoms with E-state index in [0.29, 0.717) is 11.3 Å². The molecule has 1 fully saturated rings. The van der Waals surface area contributed by atoms with Crippen LogP contribution < -0.4 is 0 Å². The van der Waals surface area contributed by atoms with Gasteiger partial charge in [-0.1, -0.05) is 20.3 Å². The fourth-order valence-corrected chi connectivity index (χ4v) is 2.50. The smallest absolute Gasteiger partial charge is 0.329 e. The highest BCUT2D eigenvalue weighted by molar-refractivity contribution is 5.68. The molecule has 1 aliphatic carbocycles. The minimum atomic E-state index is -0.878. The average molecular weight is 214 g/mol. The molecular formula is C12H22O3. The van der Waals surface area contributed by atoms with Crippen LogP contribution in [-0.4, -0.2) is 23.8 Å². The van der Waals surface area contributed by atoms with Crippen LogP contribution in [0.15, 0.2) is 0 Å². The lowest BCUT2D eigenvalue weighted by Gasteiger charge is -2.37. The zero-order valence-corrected chi connectivity index (χ0v) is 9.95. The van der Waals surface area contributed by atoms with Crippen molar-refractivity contribution in [2.45, 2.75) is 52.6 Å². The fourth-order valence-electron chi connectivity index (χ4n) is 2.50. The van der Waals surface area contributed by atoms with Gasteiger partial charge in [-0.15, -0.1) is 0 Å². The van der Waals surface area contributed by atoms with Crippen molar-refractivity contribution in [2.75, 3.05) is 6.61 Å². The minimum absolute atomic E-state index is 0.0701. The third kappa shape index (κ3) is 4.20. The van der Waals surface area contributed by atoms with Crippen LogP contribution >= 0.6 is 0 Å². The number of rotatable bonds is 4. The molecule has 0 saturated heterocycles. The lowest BCUT2D eigenvalue weighted by Crippen LogP contribution is -2.31. The average Bonchev–Trinajstić information content (AvgIpc) is 2.12. The minimum Gasteiger partial charge on any atom is -0.480 e. The number of aliphatic carboxylic acids is 1. The van der Waals surface area contributed by atoms with Crippen molar-refractivity contribution in [3.63, 3.8) is 0 Å². The van der Waals surface area contributed by atoms with E-state index in [0.717, 1.165) is 6.42 Å². The maximum Gasteiger partial charge on any atom is 0.329 e. The normalized spacial score (nSPS) is 27.3. The first kappa shape index (κ1) is 12.5. The second kappa shape index (κ2) is 4.97. The van der Waals surface area contributed by atoms with Crippen LogP contribution in [0.5, 0.6) is 0 Å². The van der Waals surface area contributed by atoms with Crippen LogP contribution in [0.1, 0.15) is 46.5 Å². The summed E-state index contributed by atoms with van der Waals surface area (Å²) in [5.41, 5.74) is 0.393. The number of carboxylic acid groups (broad SMARTS) is 1. The molecule has 1 aliphatic rings. The monoisotopic (exact) mass is 214 g/mol. The molecule has 2 unspecified atom stereocenters. The Morgan fingerprint density at radius 3 is 2.80 bits per heavy atom. The van der Waals surface area contributed by atoms with Gasteiger partial charge >= 0.3 is 5.97 Å². The Morgan fingerprint density at radius 2 is 2.27 bits per heavy atom. The number of carbonyl (C=O) groups is 1. The van der Waals surface area contributed by atoms with E-state index < -0.39 is 5.97 Å². The van der Waals surface area contributed by atoms with Gasteiger partial charge in [-0.2, -0.15) is 0 Å². The second-order valence-corrected chi connectivity index (χ2v) is 5.43. The molecule has 0 amide bonds. The van der Waals surface area contributed by atoms with E-state index in [1.54, 1.807) is 0 Å². The van der Waals surface area contributed by atoms with Gasteiger partial charge in [0, 0.05) is 0 Å².